The van der Waals surface area contributed by atoms with Crippen molar-refractivity contribution >= 4 is 27.7 Å². The molecule has 100 valence electrons. The standard InChI is InChI=1S/C12H19BrN4O/c1-3-14-12-15-6-9(13)11(16-12)17-5-4-8(2)10(18)7-17/h6,8,10,18H,3-5,7H2,1-2H3,(H,14,15,16). The van der Waals surface area contributed by atoms with E-state index in [2.05, 4.69) is 43.0 Å². The first kappa shape index (κ1) is 13.5. The van der Waals surface area contributed by atoms with E-state index >= 15 is 0 Å². The van der Waals surface area contributed by atoms with Crippen molar-refractivity contribution in [2.45, 2.75) is 26.4 Å². The summed E-state index contributed by atoms with van der Waals surface area (Å²) >= 11 is 3.48. The lowest BCUT2D eigenvalue weighted by molar-refractivity contribution is 0.102. The molecule has 0 aromatic carbocycles. The largest absolute Gasteiger partial charge is 0.391 e. The number of nitrogens with zero attached hydrogens (tertiary/aromatic N) is 3. The van der Waals surface area contributed by atoms with Crippen LogP contribution in [-0.2, 0) is 0 Å². The van der Waals surface area contributed by atoms with Crippen molar-refractivity contribution in [1.82, 2.24) is 9.97 Å². The number of hydrogen-bond donors (Lipinski definition) is 2. The Bertz CT molecular complexity index is 415. The number of rotatable bonds is 3. The van der Waals surface area contributed by atoms with Gasteiger partial charge in [0.25, 0.3) is 0 Å². The third kappa shape index (κ3) is 2.92. The highest BCUT2D eigenvalue weighted by Crippen LogP contribution is 2.28. The molecule has 2 N–H and O–H groups in total. The number of β-amino-alcohol motifs (C(OH)–C–C–N with tert-alkyl or cyclic N) is 1. The van der Waals surface area contributed by atoms with Gasteiger partial charge in [-0.2, -0.15) is 4.98 Å². The zero-order valence-corrected chi connectivity index (χ0v) is 12.3. The van der Waals surface area contributed by atoms with E-state index in [0.29, 0.717) is 18.4 Å². The number of halogens is 1. The number of piperidine rings is 1. The van der Waals surface area contributed by atoms with Gasteiger partial charge in [-0.1, -0.05) is 6.92 Å². The van der Waals surface area contributed by atoms with Gasteiger partial charge >= 0.3 is 0 Å². The van der Waals surface area contributed by atoms with Crippen LogP contribution in [-0.4, -0.2) is 40.8 Å². The van der Waals surface area contributed by atoms with Gasteiger partial charge in [0.05, 0.1) is 10.6 Å². The van der Waals surface area contributed by atoms with E-state index < -0.39 is 0 Å². The average Bonchev–Trinajstić information content (AvgIpc) is 2.35. The van der Waals surface area contributed by atoms with Crippen LogP contribution in [0, 0.1) is 5.92 Å². The second kappa shape index (κ2) is 5.84. The monoisotopic (exact) mass is 314 g/mol. The molecular weight excluding hydrogens is 296 g/mol. The van der Waals surface area contributed by atoms with Crippen LogP contribution in [0.25, 0.3) is 0 Å². The molecule has 0 aliphatic carbocycles. The lowest BCUT2D eigenvalue weighted by Gasteiger charge is -2.35. The van der Waals surface area contributed by atoms with Crippen LogP contribution in [0.3, 0.4) is 0 Å². The molecule has 0 spiro atoms. The normalized spacial score (nSPS) is 24.1. The first-order valence-corrected chi connectivity index (χ1v) is 7.10. The van der Waals surface area contributed by atoms with Crippen LogP contribution >= 0.6 is 15.9 Å². The van der Waals surface area contributed by atoms with E-state index in [-0.39, 0.29) is 6.10 Å². The number of anilines is 2. The number of aliphatic hydroxyl groups is 1. The Labute approximate surface area is 116 Å². The van der Waals surface area contributed by atoms with E-state index in [1.807, 2.05) is 6.92 Å². The third-order valence-corrected chi connectivity index (χ3v) is 3.84. The zero-order valence-electron chi connectivity index (χ0n) is 10.7. The van der Waals surface area contributed by atoms with E-state index in [4.69, 9.17) is 0 Å². The number of nitrogens with one attached hydrogen (secondary N) is 1. The first-order valence-electron chi connectivity index (χ1n) is 6.31. The summed E-state index contributed by atoms with van der Waals surface area (Å²) < 4.78 is 0.867. The average molecular weight is 315 g/mol. The highest BCUT2D eigenvalue weighted by atomic mass is 79.9. The van der Waals surface area contributed by atoms with Gasteiger partial charge in [0.1, 0.15) is 5.82 Å². The molecule has 1 aromatic heterocycles. The first-order chi connectivity index (χ1) is 8.61. The molecule has 1 fully saturated rings. The van der Waals surface area contributed by atoms with E-state index in [0.717, 1.165) is 29.8 Å². The van der Waals surface area contributed by atoms with Crippen molar-refractivity contribution in [1.29, 1.82) is 0 Å². The summed E-state index contributed by atoms with van der Waals surface area (Å²) in [6, 6.07) is 0. The Kier molecular flexibility index (Phi) is 4.40. The van der Waals surface area contributed by atoms with Crippen molar-refractivity contribution in [3.8, 4) is 0 Å². The van der Waals surface area contributed by atoms with Crippen LogP contribution in [0.15, 0.2) is 10.7 Å². The maximum absolute atomic E-state index is 9.96. The molecule has 1 aliphatic rings. The second-order valence-electron chi connectivity index (χ2n) is 4.67. The molecule has 2 rings (SSSR count). The molecule has 5 nitrogen and oxygen atoms in total. The number of hydrogen-bond acceptors (Lipinski definition) is 5. The summed E-state index contributed by atoms with van der Waals surface area (Å²) in [5.41, 5.74) is 0. The lowest BCUT2D eigenvalue weighted by Crippen LogP contribution is -2.43. The molecule has 0 radical (unpaired) electrons. The second-order valence-corrected chi connectivity index (χ2v) is 5.53. The van der Waals surface area contributed by atoms with Gasteiger partial charge in [0.2, 0.25) is 5.95 Å². The van der Waals surface area contributed by atoms with Crippen LogP contribution in [0.2, 0.25) is 0 Å². The van der Waals surface area contributed by atoms with Crippen molar-refractivity contribution in [3.05, 3.63) is 10.7 Å². The Balaban J connectivity index is 2.19. The summed E-state index contributed by atoms with van der Waals surface area (Å²) in [5.74, 6) is 1.84. The van der Waals surface area contributed by atoms with Gasteiger partial charge in [0, 0.05) is 25.8 Å². The number of aromatic nitrogens is 2. The van der Waals surface area contributed by atoms with Gasteiger partial charge < -0.3 is 15.3 Å². The highest BCUT2D eigenvalue weighted by Gasteiger charge is 2.26. The molecule has 1 aromatic rings. The number of aliphatic hydroxyl groups excluding tert-OH is 1. The Morgan fingerprint density at radius 2 is 2.39 bits per heavy atom. The topological polar surface area (TPSA) is 61.3 Å². The van der Waals surface area contributed by atoms with Gasteiger partial charge in [-0.3, -0.25) is 0 Å². The predicted molar refractivity (Wildman–Crippen MR) is 75.9 cm³/mol. The summed E-state index contributed by atoms with van der Waals surface area (Å²) in [6.07, 6.45) is 2.45. The molecule has 1 saturated heterocycles. The summed E-state index contributed by atoms with van der Waals surface area (Å²) in [6.45, 7) is 6.43. The molecule has 0 saturated carbocycles. The van der Waals surface area contributed by atoms with Crippen LogP contribution < -0.4 is 10.2 Å². The fraction of sp³-hybridized carbons (Fsp3) is 0.667. The highest BCUT2D eigenvalue weighted by molar-refractivity contribution is 9.10. The van der Waals surface area contributed by atoms with Crippen molar-refractivity contribution < 1.29 is 5.11 Å². The van der Waals surface area contributed by atoms with Crippen LogP contribution in [0.5, 0.6) is 0 Å². The SMILES string of the molecule is CCNc1ncc(Br)c(N2CCC(C)C(O)C2)n1. The molecule has 2 unspecified atom stereocenters. The smallest absolute Gasteiger partial charge is 0.224 e. The fourth-order valence-corrected chi connectivity index (χ4v) is 2.51. The van der Waals surface area contributed by atoms with E-state index in [1.54, 1.807) is 6.20 Å². The van der Waals surface area contributed by atoms with Crippen LogP contribution in [0.4, 0.5) is 11.8 Å². The molecule has 6 heteroatoms. The minimum Gasteiger partial charge on any atom is -0.391 e. The minimum absolute atomic E-state index is 0.289. The van der Waals surface area contributed by atoms with Crippen molar-refractivity contribution in [2.75, 3.05) is 29.9 Å². The van der Waals surface area contributed by atoms with Crippen molar-refractivity contribution in [3.63, 3.8) is 0 Å². The Morgan fingerprint density at radius 3 is 3.06 bits per heavy atom. The summed E-state index contributed by atoms with van der Waals surface area (Å²) in [5, 5.41) is 13.1. The van der Waals surface area contributed by atoms with Gasteiger partial charge in [-0.15, -0.1) is 0 Å². The predicted octanol–water partition coefficient (Wildman–Crippen LogP) is 1.88. The molecule has 18 heavy (non-hydrogen) atoms. The lowest BCUT2D eigenvalue weighted by atomic mass is 9.96. The fourth-order valence-electron chi connectivity index (χ4n) is 2.06. The van der Waals surface area contributed by atoms with E-state index in [9.17, 15) is 5.11 Å². The minimum atomic E-state index is -0.289. The quantitative estimate of drug-likeness (QED) is 0.892. The Hall–Kier alpha value is -0.880. The molecule has 1 aliphatic heterocycles. The molecular formula is C12H19BrN4O. The molecule has 0 bridgehead atoms. The van der Waals surface area contributed by atoms with Gasteiger partial charge in [0.15, 0.2) is 0 Å². The van der Waals surface area contributed by atoms with Crippen LogP contribution in [0.1, 0.15) is 20.3 Å². The maximum Gasteiger partial charge on any atom is 0.224 e. The summed E-state index contributed by atoms with van der Waals surface area (Å²) in [7, 11) is 0. The third-order valence-electron chi connectivity index (χ3n) is 3.28. The van der Waals surface area contributed by atoms with Crippen molar-refractivity contribution in [2.24, 2.45) is 5.92 Å². The van der Waals surface area contributed by atoms with Gasteiger partial charge in [-0.05, 0) is 35.2 Å². The molecule has 0 amide bonds. The maximum atomic E-state index is 9.96. The molecule has 2 heterocycles. The van der Waals surface area contributed by atoms with Gasteiger partial charge in [-0.25, -0.2) is 4.98 Å². The zero-order chi connectivity index (χ0) is 13.1. The molecule has 2 atom stereocenters. The summed E-state index contributed by atoms with van der Waals surface area (Å²) in [4.78, 5) is 10.8. The van der Waals surface area contributed by atoms with E-state index in [1.165, 1.54) is 0 Å². The Morgan fingerprint density at radius 1 is 1.61 bits per heavy atom.